The van der Waals surface area contributed by atoms with E-state index < -0.39 is 36.9 Å². The first-order chi connectivity index (χ1) is 10.3. The molecule has 1 aliphatic rings. The molecule has 8 nitrogen and oxygen atoms in total. The normalized spacial score (nSPS) is 28.1. The Bertz CT molecular complexity index is 606. The van der Waals surface area contributed by atoms with Gasteiger partial charge in [0.25, 0.3) is 0 Å². The number of rotatable bonds is 4. The highest BCUT2D eigenvalue weighted by Gasteiger charge is 2.45. The molecule has 2 rings (SSSR count). The molecule has 0 saturated carbocycles. The van der Waals surface area contributed by atoms with E-state index in [1.807, 2.05) is 0 Å². The predicted octanol–water partition coefficient (Wildman–Crippen LogP) is -0.573. The van der Waals surface area contributed by atoms with Crippen LogP contribution in [0.5, 0.6) is 0 Å². The Balaban J connectivity index is 2.20. The molecule has 1 saturated heterocycles. The van der Waals surface area contributed by atoms with E-state index in [0.29, 0.717) is 0 Å². The van der Waals surface area contributed by atoms with Crippen molar-refractivity contribution >= 4 is 11.7 Å². The van der Waals surface area contributed by atoms with E-state index in [1.54, 1.807) is 13.8 Å². The third-order valence-corrected chi connectivity index (χ3v) is 3.35. The van der Waals surface area contributed by atoms with Crippen LogP contribution in [0.15, 0.2) is 17.1 Å². The van der Waals surface area contributed by atoms with Gasteiger partial charge in [-0.3, -0.25) is 9.36 Å². The van der Waals surface area contributed by atoms with Crippen molar-refractivity contribution in [2.24, 2.45) is 5.92 Å². The predicted molar refractivity (Wildman–Crippen MR) is 73.9 cm³/mol. The maximum atomic E-state index is 14.0. The number of nitrogens with zero attached hydrogens (tertiary/aromatic N) is 2. The number of amides is 1. The maximum Gasteiger partial charge on any atom is 0.351 e. The minimum atomic E-state index is -1.87. The van der Waals surface area contributed by atoms with Gasteiger partial charge in [-0.2, -0.15) is 4.98 Å². The Labute approximate surface area is 125 Å². The van der Waals surface area contributed by atoms with E-state index in [-0.39, 0.29) is 17.6 Å². The van der Waals surface area contributed by atoms with Crippen molar-refractivity contribution in [2.45, 2.75) is 38.5 Å². The van der Waals surface area contributed by atoms with E-state index in [4.69, 9.17) is 9.84 Å². The Hall–Kier alpha value is -1.84. The summed E-state index contributed by atoms with van der Waals surface area (Å²) in [6.45, 7) is 2.81. The molecule has 0 aliphatic carbocycles. The van der Waals surface area contributed by atoms with Crippen LogP contribution in [0.3, 0.4) is 0 Å². The van der Waals surface area contributed by atoms with Gasteiger partial charge in [-0.25, -0.2) is 9.18 Å². The standard InChI is InChI=1S/C13H18FN3O5/c1-6(2)11(20)15-8-3-4-17(13(21)16-8)12-9(14)10(19)7(5-18)22-12/h3-4,6-7,9-10,12,18-19H,5H2,1-2H3,(H,15,16,20,21)/t7-,9-,10-,12-/m1/s1. The third-order valence-electron chi connectivity index (χ3n) is 3.35. The highest BCUT2D eigenvalue weighted by molar-refractivity contribution is 5.90. The highest BCUT2D eigenvalue weighted by atomic mass is 19.1. The smallest absolute Gasteiger partial charge is 0.351 e. The maximum absolute atomic E-state index is 14.0. The van der Waals surface area contributed by atoms with E-state index in [0.717, 1.165) is 4.57 Å². The first kappa shape index (κ1) is 16.5. The van der Waals surface area contributed by atoms with Gasteiger partial charge in [0.2, 0.25) is 5.91 Å². The van der Waals surface area contributed by atoms with Crippen molar-refractivity contribution in [3.8, 4) is 0 Å². The van der Waals surface area contributed by atoms with Crippen molar-refractivity contribution in [3.63, 3.8) is 0 Å². The van der Waals surface area contributed by atoms with Gasteiger partial charge in [-0.05, 0) is 6.07 Å². The van der Waals surface area contributed by atoms with Crippen LogP contribution in [0.25, 0.3) is 0 Å². The molecule has 4 atom stereocenters. The first-order valence-corrected chi connectivity index (χ1v) is 6.83. The molecular formula is C13H18FN3O5. The Morgan fingerprint density at radius 2 is 2.27 bits per heavy atom. The van der Waals surface area contributed by atoms with Crippen LogP contribution in [-0.2, 0) is 9.53 Å². The van der Waals surface area contributed by atoms with E-state index in [2.05, 4.69) is 10.3 Å². The lowest BCUT2D eigenvalue weighted by atomic mass is 10.1. The first-order valence-electron chi connectivity index (χ1n) is 6.83. The molecule has 0 radical (unpaired) electrons. The van der Waals surface area contributed by atoms with Gasteiger partial charge in [0.15, 0.2) is 12.4 Å². The summed E-state index contributed by atoms with van der Waals surface area (Å²) < 4.78 is 19.9. The summed E-state index contributed by atoms with van der Waals surface area (Å²) in [5.41, 5.74) is -0.833. The number of aromatic nitrogens is 2. The summed E-state index contributed by atoms with van der Waals surface area (Å²) in [5, 5.41) is 21.0. The van der Waals surface area contributed by atoms with Crippen molar-refractivity contribution in [3.05, 3.63) is 22.7 Å². The minimum absolute atomic E-state index is 0.0487. The average molecular weight is 315 g/mol. The van der Waals surface area contributed by atoms with Crippen LogP contribution < -0.4 is 11.0 Å². The van der Waals surface area contributed by atoms with Crippen LogP contribution in [0.2, 0.25) is 0 Å². The van der Waals surface area contributed by atoms with Crippen molar-refractivity contribution in [1.82, 2.24) is 9.55 Å². The number of ether oxygens (including phenoxy) is 1. The molecular weight excluding hydrogens is 297 g/mol. The number of hydrogen-bond acceptors (Lipinski definition) is 6. The summed E-state index contributed by atoms with van der Waals surface area (Å²) in [6, 6.07) is 1.33. The summed E-state index contributed by atoms with van der Waals surface area (Å²) >= 11 is 0. The van der Waals surface area contributed by atoms with Crippen molar-refractivity contribution < 1.29 is 24.1 Å². The number of anilines is 1. The zero-order chi connectivity index (χ0) is 16.4. The molecule has 0 bridgehead atoms. The lowest BCUT2D eigenvalue weighted by Gasteiger charge is -2.16. The molecule has 0 unspecified atom stereocenters. The summed E-state index contributed by atoms with van der Waals surface area (Å²) in [5.74, 6) is -0.536. The lowest BCUT2D eigenvalue weighted by molar-refractivity contribution is -0.118. The van der Waals surface area contributed by atoms with Gasteiger partial charge in [-0.1, -0.05) is 13.8 Å². The van der Waals surface area contributed by atoms with Gasteiger partial charge in [0.1, 0.15) is 18.0 Å². The zero-order valence-corrected chi connectivity index (χ0v) is 12.1. The largest absolute Gasteiger partial charge is 0.394 e. The molecule has 1 amide bonds. The fourth-order valence-corrected chi connectivity index (χ4v) is 2.02. The number of aliphatic hydroxyl groups excluding tert-OH is 2. The lowest BCUT2D eigenvalue weighted by Crippen LogP contribution is -2.34. The molecule has 3 N–H and O–H groups in total. The second kappa shape index (κ2) is 6.51. The van der Waals surface area contributed by atoms with Crippen LogP contribution in [0.1, 0.15) is 20.1 Å². The minimum Gasteiger partial charge on any atom is -0.394 e. The number of alkyl halides is 1. The van der Waals surface area contributed by atoms with Gasteiger partial charge in [0.05, 0.1) is 6.61 Å². The summed E-state index contributed by atoms with van der Waals surface area (Å²) in [4.78, 5) is 27.1. The Morgan fingerprint density at radius 3 is 2.77 bits per heavy atom. The fourth-order valence-electron chi connectivity index (χ4n) is 2.02. The molecule has 2 heterocycles. The fraction of sp³-hybridized carbons (Fsp3) is 0.615. The molecule has 0 aromatic carbocycles. The number of carbonyl (C=O) groups excluding carboxylic acids is 1. The summed E-state index contributed by atoms with van der Waals surface area (Å²) in [6.07, 6.45) is -4.65. The second-order valence-electron chi connectivity index (χ2n) is 5.33. The molecule has 1 fully saturated rings. The molecule has 22 heavy (non-hydrogen) atoms. The Kier molecular flexibility index (Phi) is 4.89. The molecule has 122 valence electrons. The molecule has 1 aliphatic heterocycles. The number of nitrogens with one attached hydrogen (secondary N) is 1. The Morgan fingerprint density at radius 1 is 1.59 bits per heavy atom. The molecule has 0 spiro atoms. The van der Waals surface area contributed by atoms with Gasteiger partial charge < -0.3 is 20.3 Å². The monoisotopic (exact) mass is 315 g/mol. The number of halogens is 1. The van der Waals surface area contributed by atoms with Gasteiger partial charge >= 0.3 is 5.69 Å². The number of aliphatic hydroxyl groups is 2. The van der Waals surface area contributed by atoms with E-state index in [9.17, 15) is 19.1 Å². The van der Waals surface area contributed by atoms with Crippen LogP contribution in [-0.4, -0.2) is 50.7 Å². The van der Waals surface area contributed by atoms with Gasteiger partial charge in [0, 0.05) is 12.1 Å². The SMILES string of the molecule is CC(C)C(=O)Nc1ccn([C@@H]2O[C@H](CO)[C@@H](O)[C@H]2F)c(=O)n1. The van der Waals surface area contributed by atoms with Crippen LogP contribution >= 0.6 is 0 Å². The van der Waals surface area contributed by atoms with Crippen molar-refractivity contribution in [2.75, 3.05) is 11.9 Å². The quantitative estimate of drug-likeness (QED) is 0.685. The topological polar surface area (TPSA) is 114 Å². The molecule has 1 aromatic heterocycles. The number of hydrogen-bond donors (Lipinski definition) is 3. The second-order valence-corrected chi connectivity index (χ2v) is 5.33. The van der Waals surface area contributed by atoms with Crippen LogP contribution in [0.4, 0.5) is 10.2 Å². The van der Waals surface area contributed by atoms with Crippen molar-refractivity contribution in [1.29, 1.82) is 0 Å². The highest BCUT2D eigenvalue weighted by Crippen LogP contribution is 2.30. The van der Waals surface area contributed by atoms with Crippen LogP contribution in [0, 0.1) is 5.92 Å². The molecule has 9 heteroatoms. The van der Waals surface area contributed by atoms with E-state index in [1.165, 1.54) is 12.3 Å². The molecule has 1 aromatic rings. The third kappa shape index (κ3) is 3.16. The summed E-state index contributed by atoms with van der Waals surface area (Å²) in [7, 11) is 0. The number of carbonyl (C=O) groups is 1. The van der Waals surface area contributed by atoms with Gasteiger partial charge in [-0.15, -0.1) is 0 Å². The van der Waals surface area contributed by atoms with E-state index >= 15 is 0 Å². The zero-order valence-electron chi connectivity index (χ0n) is 12.1. The average Bonchev–Trinajstić information content (AvgIpc) is 2.75.